The molecule has 0 bridgehead atoms. The lowest BCUT2D eigenvalue weighted by atomic mass is 10.3. The normalized spacial score (nSPS) is 10.3. The highest BCUT2D eigenvalue weighted by Crippen LogP contribution is 2.31. The van der Waals surface area contributed by atoms with E-state index in [9.17, 15) is 4.79 Å². The molecule has 0 radical (unpaired) electrons. The molecular weight excluding hydrogens is 282 g/mol. The van der Waals surface area contributed by atoms with Gasteiger partial charge in [0, 0.05) is 0 Å². The highest BCUT2D eigenvalue weighted by Gasteiger charge is 2.18. The van der Waals surface area contributed by atoms with Crippen LogP contribution in [0.1, 0.15) is 10.5 Å². The van der Waals surface area contributed by atoms with Gasteiger partial charge in [-0.2, -0.15) is 0 Å². The van der Waals surface area contributed by atoms with Gasteiger partial charge in [-0.3, -0.25) is 0 Å². The van der Waals surface area contributed by atoms with Gasteiger partial charge in [0.05, 0.1) is 12.6 Å². The Kier molecular flexibility index (Phi) is 2.88. The van der Waals surface area contributed by atoms with Gasteiger partial charge in [0.15, 0.2) is 10.4 Å². The van der Waals surface area contributed by atoms with Gasteiger partial charge in [-0.25, -0.2) is 9.78 Å². The minimum atomic E-state index is -0.459. The second-order valence-corrected chi connectivity index (χ2v) is 4.26. The number of rotatable bonds is 2. The average Bonchev–Trinajstić information content (AvgIpc) is 2.84. The number of ether oxygens (including phenoxy) is 1. The molecule has 0 spiro atoms. The quantitative estimate of drug-likeness (QED) is 0.797. The highest BCUT2D eigenvalue weighted by molar-refractivity contribution is 9.10. The number of carbonyl (C=O) groups excluding carboxylic acids is 1. The predicted octanol–water partition coefficient (Wildman–Crippen LogP) is 2.95. The Morgan fingerprint density at radius 2 is 2.40 bits per heavy atom. The SMILES string of the molecule is COC(=O)c1ncsc1-c1ccc(Br)o1. The number of nitrogens with zero attached hydrogens (tertiary/aromatic N) is 1. The summed E-state index contributed by atoms with van der Waals surface area (Å²) in [5.41, 5.74) is 1.86. The Morgan fingerprint density at radius 1 is 1.60 bits per heavy atom. The van der Waals surface area contributed by atoms with Crippen LogP contribution in [0.4, 0.5) is 0 Å². The third-order valence-corrected chi connectivity index (χ3v) is 3.01. The van der Waals surface area contributed by atoms with E-state index in [0.29, 0.717) is 15.3 Å². The minimum absolute atomic E-state index is 0.282. The molecule has 78 valence electrons. The molecule has 0 aromatic carbocycles. The van der Waals surface area contributed by atoms with Crippen molar-refractivity contribution in [2.75, 3.05) is 7.11 Å². The molecule has 2 aromatic heterocycles. The predicted molar refractivity (Wildman–Crippen MR) is 58.9 cm³/mol. The van der Waals surface area contributed by atoms with Crippen LogP contribution in [0.25, 0.3) is 10.6 Å². The van der Waals surface area contributed by atoms with Crippen LogP contribution in [-0.2, 0) is 4.74 Å². The number of hydrogen-bond acceptors (Lipinski definition) is 5. The number of carbonyl (C=O) groups is 1. The highest BCUT2D eigenvalue weighted by atomic mass is 79.9. The molecule has 0 N–H and O–H groups in total. The van der Waals surface area contributed by atoms with Crippen LogP contribution in [0.15, 0.2) is 26.7 Å². The second kappa shape index (κ2) is 4.16. The number of furan rings is 1. The van der Waals surface area contributed by atoms with Crippen molar-refractivity contribution < 1.29 is 13.9 Å². The number of methoxy groups -OCH3 is 1. The van der Waals surface area contributed by atoms with Gasteiger partial charge in [0.1, 0.15) is 10.6 Å². The minimum Gasteiger partial charge on any atom is -0.464 e. The first kappa shape index (κ1) is 10.4. The molecule has 4 nitrogen and oxygen atoms in total. The molecule has 15 heavy (non-hydrogen) atoms. The van der Waals surface area contributed by atoms with Crippen LogP contribution in [0.5, 0.6) is 0 Å². The molecule has 2 heterocycles. The number of hydrogen-bond donors (Lipinski definition) is 0. The third kappa shape index (κ3) is 1.95. The Bertz CT molecular complexity index is 491. The lowest BCUT2D eigenvalue weighted by Crippen LogP contribution is -2.02. The average molecular weight is 288 g/mol. The Labute approximate surface area is 98.0 Å². The van der Waals surface area contributed by atoms with E-state index in [-0.39, 0.29) is 5.69 Å². The van der Waals surface area contributed by atoms with E-state index >= 15 is 0 Å². The lowest BCUT2D eigenvalue weighted by Gasteiger charge is -1.96. The first-order valence-electron chi connectivity index (χ1n) is 4.00. The van der Waals surface area contributed by atoms with Gasteiger partial charge >= 0.3 is 5.97 Å². The van der Waals surface area contributed by atoms with Gasteiger partial charge in [-0.15, -0.1) is 11.3 Å². The van der Waals surface area contributed by atoms with Crippen LogP contribution in [0.3, 0.4) is 0 Å². The Hall–Kier alpha value is -1.14. The molecule has 0 aliphatic heterocycles. The smallest absolute Gasteiger partial charge is 0.358 e. The number of thiazole rings is 1. The summed E-state index contributed by atoms with van der Waals surface area (Å²) < 4.78 is 10.6. The zero-order chi connectivity index (χ0) is 10.8. The van der Waals surface area contributed by atoms with Gasteiger partial charge in [0.2, 0.25) is 0 Å². The molecule has 0 fully saturated rings. The summed E-state index contributed by atoms with van der Waals surface area (Å²) in [4.78, 5) is 16.0. The number of aromatic nitrogens is 1. The van der Waals surface area contributed by atoms with Crippen LogP contribution in [-0.4, -0.2) is 18.1 Å². The van der Waals surface area contributed by atoms with Crippen molar-refractivity contribution in [1.29, 1.82) is 0 Å². The van der Waals surface area contributed by atoms with Crippen LogP contribution in [0, 0.1) is 0 Å². The number of esters is 1. The fraction of sp³-hybridized carbons (Fsp3) is 0.111. The van der Waals surface area contributed by atoms with Crippen LogP contribution >= 0.6 is 27.3 Å². The Morgan fingerprint density at radius 3 is 3.00 bits per heavy atom. The maximum absolute atomic E-state index is 11.3. The summed E-state index contributed by atoms with van der Waals surface area (Å²) in [5, 5.41) is 0. The van der Waals surface area contributed by atoms with E-state index in [1.165, 1.54) is 18.4 Å². The largest absolute Gasteiger partial charge is 0.464 e. The molecule has 0 saturated carbocycles. The standard InChI is InChI=1S/C9H6BrNO3S/c1-13-9(12)7-8(15-4-11-7)5-2-3-6(10)14-5/h2-4H,1H3. The van der Waals surface area contributed by atoms with Gasteiger partial charge in [-0.1, -0.05) is 0 Å². The molecule has 0 saturated heterocycles. The molecular formula is C9H6BrNO3S. The second-order valence-electron chi connectivity index (χ2n) is 2.63. The summed E-state index contributed by atoms with van der Waals surface area (Å²) in [7, 11) is 1.32. The van der Waals surface area contributed by atoms with Crippen molar-refractivity contribution in [2.24, 2.45) is 0 Å². The molecule has 0 atom stereocenters. The molecule has 0 aliphatic carbocycles. The fourth-order valence-electron chi connectivity index (χ4n) is 1.10. The van der Waals surface area contributed by atoms with E-state index < -0.39 is 5.97 Å². The van der Waals surface area contributed by atoms with E-state index in [1.807, 2.05) is 0 Å². The molecule has 0 aliphatic rings. The van der Waals surface area contributed by atoms with Crippen molar-refractivity contribution in [1.82, 2.24) is 4.98 Å². The van der Waals surface area contributed by atoms with Crippen molar-refractivity contribution in [2.45, 2.75) is 0 Å². The summed E-state index contributed by atoms with van der Waals surface area (Å²) in [6, 6.07) is 3.53. The van der Waals surface area contributed by atoms with E-state index in [0.717, 1.165) is 0 Å². The molecule has 0 unspecified atom stereocenters. The summed E-state index contributed by atoms with van der Waals surface area (Å²) >= 11 is 4.53. The van der Waals surface area contributed by atoms with Gasteiger partial charge in [0.25, 0.3) is 0 Å². The Balaban J connectivity index is 2.45. The van der Waals surface area contributed by atoms with Gasteiger partial charge < -0.3 is 9.15 Å². The van der Waals surface area contributed by atoms with Crippen molar-refractivity contribution in [3.05, 3.63) is 28.0 Å². The monoisotopic (exact) mass is 287 g/mol. The molecule has 0 amide bonds. The van der Waals surface area contributed by atoms with Gasteiger partial charge in [-0.05, 0) is 28.1 Å². The zero-order valence-electron chi connectivity index (χ0n) is 7.69. The maximum Gasteiger partial charge on any atom is 0.358 e. The molecule has 2 rings (SSSR count). The van der Waals surface area contributed by atoms with Crippen molar-refractivity contribution >= 4 is 33.2 Å². The summed E-state index contributed by atoms with van der Waals surface area (Å²) in [6.07, 6.45) is 0. The van der Waals surface area contributed by atoms with E-state index in [4.69, 9.17) is 4.42 Å². The maximum atomic E-state index is 11.3. The van der Waals surface area contributed by atoms with E-state index in [2.05, 4.69) is 25.7 Å². The topological polar surface area (TPSA) is 52.3 Å². The fourth-order valence-corrected chi connectivity index (χ4v) is 2.14. The third-order valence-electron chi connectivity index (χ3n) is 1.74. The lowest BCUT2D eigenvalue weighted by molar-refractivity contribution is 0.0595. The summed E-state index contributed by atoms with van der Waals surface area (Å²) in [6.45, 7) is 0. The van der Waals surface area contributed by atoms with Crippen LogP contribution in [0.2, 0.25) is 0 Å². The molecule has 6 heteroatoms. The van der Waals surface area contributed by atoms with Crippen molar-refractivity contribution in [3.63, 3.8) is 0 Å². The van der Waals surface area contributed by atoms with Crippen LogP contribution < -0.4 is 0 Å². The first-order chi connectivity index (χ1) is 7.22. The molecule has 2 aromatic rings. The van der Waals surface area contributed by atoms with Crippen molar-refractivity contribution in [3.8, 4) is 10.6 Å². The summed E-state index contributed by atoms with van der Waals surface area (Å²) in [5.74, 6) is 0.142. The zero-order valence-corrected chi connectivity index (χ0v) is 10.1. The van der Waals surface area contributed by atoms with E-state index in [1.54, 1.807) is 17.6 Å². The number of halogens is 1. The first-order valence-corrected chi connectivity index (χ1v) is 5.67.